The Hall–Kier alpha value is -1.23. The highest BCUT2D eigenvalue weighted by Gasteiger charge is 2.28. The number of hydrogen-bond acceptors (Lipinski definition) is 4. The first-order chi connectivity index (χ1) is 9.52. The van der Waals surface area contributed by atoms with Gasteiger partial charge >= 0.3 is 0 Å². The third-order valence-corrected chi connectivity index (χ3v) is 4.09. The molecule has 2 unspecified atom stereocenters. The van der Waals surface area contributed by atoms with E-state index in [1.807, 2.05) is 39.0 Å². The Balaban J connectivity index is 2.09. The van der Waals surface area contributed by atoms with Gasteiger partial charge in [-0.1, -0.05) is 12.1 Å². The normalized spacial score (nSPS) is 21.7. The first kappa shape index (κ1) is 15.2. The van der Waals surface area contributed by atoms with Crippen molar-refractivity contribution in [1.29, 1.82) is 0 Å². The number of aliphatic hydroxyl groups is 1. The number of morpholine rings is 1. The van der Waals surface area contributed by atoms with E-state index in [-0.39, 0.29) is 24.5 Å². The third-order valence-electron chi connectivity index (χ3n) is 4.09. The van der Waals surface area contributed by atoms with E-state index in [0.717, 1.165) is 17.7 Å². The predicted molar refractivity (Wildman–Crippen MR) is 78.1 cm³/mol. The average molecular weight is 277 g/mol. The summed E-state index contributed by atoms with van der Waals surface area (Å²) >= 11 is 0. The van der Waals surface area contributed by atoms with E-state index in [2.05, 4.69) is 4.90 Å². The van der Waals surface area contributed by atoms with Gasteiger partial charge in [0.25, 0.3) is 0 Å². The minimum Gasteiger partial charge on any atom is -0.394 e. The molecule has 1 aliphatic rings. The second kappa shape index (κ2) is 6.48. The third kappa shape index (κ3) is 3.26. The fourth-order valence-corrected chi connectivity index (χ4v) is 2.51. The number of aryl methyl sites for hydroxylation is 2. The summed E-state index contributed by atoms with van der Waals surface area (Å²) in [6, 6.07) is 5.66. The van der Waals surface area contributed by atoms with Crippen molar-refractivity contribution in [2.45, 2.75) is 32.9 Å². The summed E-state index contributed by atoms with van der Waals surface area (Å²) in [5.74, 6) is 0.131. The molecule has 1 aromatic rings. The molecule has 2 rings (SSSR count). The molecule has 1 N–H and O–H groups in total. The second-order valence-corrected chi connectivity index (χ2v) is 5.51. The van der Waals surface area contributed by atoms with Gasteiger partial charge in [-0.2, -0.15) is 0 Å². The molecule has 0 amide bonds. The van der Waals surface area contributed by atoms with Crippen LogP contribution in [0.4, 0.5) is 0 Å². The molecule has 110 valence electrons. The largest absolute Gasteiger partial charge is 0.394 e. The van der Waals surface area contributed by atoms with Crippen molar-refractivity contribution in [1.82, 2.24) is 4.90 Å². The van der Waals surface area contributed by atoms with E-state index >= 15 is 0 Å². The highest BCUT2D eigenvalue weighted by atomic mass is 16.5. The van der Waals surface area contributed by atoms with Gasteiger partial charge in [-0.15, -0.1) is 0 Å². The van der Waals surface area contributed by atoms with Crippen LogP contribution in [0.25, 0.3) is 0 Å². The zero-order valence-electron chi connectivity index (χ0n) is 12.4. The number of ketones is 1. The maximum absolute atomic E-state index is 12.6. The minimum atomic E-state index is -0.185. The van der Waals surface area contributed by atoms with Gasteiger partial charge in [-0.3, -0.25) is 9.69 Å². The van der Waals surface area contributed by atoms with Crippen LogP contribution in [0.1, 0.15) is 28.4 Å². The second-order valence-electron chi connectivity index (χ2n) is 5.51. The van der Waals surface area contributed by atoms with Crippen molar-refractivity contribution in [3.8, 4) is 0 Å². The van der Waals surface area contributed by atoms with Crippen LogP contribution in [-0.4, -0.2) is 54.2 Å². The van der Waals surface area contributed by atoms with Crippen LogP contribution < -0.4 is 0 Å². The van der Waals surface area contributed by atoms with Gasteiger partial charge in [0, 0.05) is 18.7 Å². The van der Waals surface area contributed by atoms with Gasteiger partial charge in [0.05, 0.1) is 25.4 Å². The Bertz CT molecular complexity index is 487. The molecule has 0 radical (unpaired) electrons. The zero-order valence-corrected chi connectivity index (χ0v) is 12.4. The highest BCUT2D eigenvalue weighted by molar-refractivity contribution is 6.00. The lowest BCUT2D eigenvalue weighted by Gasteiger charge is -2.35. The lowest BCUT2D eigenvalue weighted by molar-refractivity contribution is -0.0592. The molecule has 4 nitrogen and oxygen atoms in total. The Labute approximate surface area is 120 Å². The molecule has 1 saturated heterocycles. The Morgan fingerprint density at radius 2 is 2.20 bits per heavy atom. The number of carbonyl (C=O) groups is 1. The van der Waals surface area contributed by atoms with Gasteiger partial charge in [-0.25, -0.2) is 0 Å². The van der Waals surface area contributed by atoms with Gasteiger partial charge in [0.15, 0.2) is 5.78 Å². The molecule has 1 aliphatic heterocycles. The number of rotatable bonds is 4. The monoisotopic (exact) mass is 277 g/mol. The molecule has 1 fully saturated rings. The average Bonchev–Trinajstić information content (AvgIpc) is 2.48. The summed E-state index contributed by atoms with van der Waals surface area (Å²) in [6.07, 6.45) is -0.182. The SMILES string of the molecule is Cc1ccc(C(=O)C(C)N2CCOC(CO)C2)cc1C. The fraction of sp³-hybridized carbons (Fsp3) is 0.562. The lowest BCUT2D eigenvalue weighted by Crippen LogP contribution is -2.50. The summed E-state index contributed by atoms with van der Waals surface area (Å²) in [5.41, 5.74) is 3.09. The molecule has 0 aliphatic carbocycles. The van der Waals surface area contributed by atoms with Crippen molar-refractivity contribution < 1.29 is 14.6 Å². The summed E-state index contributed by atoms with van der Waals surface area (Å²) in [7, 11) is 0. The summed E-state index contributed by atoms with van der Waals surface area (Å²) in [4.78, 5) is 14.6. The van der Waals surface area contributed by atoms with Crippen LogP contribution in [0.15, 0.2) is 18.2 Å². The van der Waals surface area contributed by atoms with Crippen LogP contribution in [0, 0.1) is 13.8 Å². The molecular weight excluding hydrogens is 254 g/mol. The maximum Gasteiger partial charge on any atom is 0.179 e. The minimum absolute atomic E-state index is 0.00104. The molecule has 1 heterocycles. The standard InChI is InChI=1S/C16H23NO3/c1-11-4-5-14(8-12(11)2)16(19)13(3)17-6-7-20-15(9-17)10-18/h4-5,8,13,15,18H,6-7,9-10H2,1-3H3. The van der Waals surface area contributed by atoms with Crippen molar-refractivity contribution in [2.24, 2.45) is 0 Å². The molecule has 2 atom stereocenters. The summed E-state index contributed by atoms with van der Waals surface area (Å²) in [6.45, 7) is 7.89. The molecule has 0 spiro atoms. The molecule has 4 heteroatoms. The van der Waals surface area contributed by atoms with E-state index in [9.17, 15) is 9.90 Å². The van der Waals surface area contributed by atoms with Crippen LogP contribution in [0.3, 0.4) is 0 Å². The summed E-state index contributed by atoms with van der Waals surface area (Å²) < 4.78 is 5.42. The smallest absolute Gasteiger partial charge is 0.179 e. The van der Waals surface area contributed by atoms with E-state index in [0.29, 0.717) is 13.2 Å². The van der Waals surface area contributed by atoms with Gasteiger partial charge in [0.2, 0.25) is 0 Å². The Morgan fingerprint density at radius 1 is 1.45 bits per heavy atom. The lowest BCUT2D eigenvalue weighted by atomic mass is 9.99. The van der Waals surface area contributed by atoms with Crippen molar-refractivity contribution in [3.05, 3.63) is 34.9 Å². The molecule has 0 aromatic heterocycles. The van der Waals surface area contributed by atoms with Crippen LogP contribution >= 0.6 is 0 Å². The van der Waals surface area contributed by atoms with Gasteiger partial charge in [0.1, 0.15) is 0 Å². The van der Waals surface area contributed by atoms with Crippen molar-refractivity contribution in [2.75, 3.05) is 26.3 Å². The number of hydrogen-bond donors (Lipinski definition) is 1. The van der Waals surface area contributed by atoms with Crippen LogP contribution in [0.2, 0.25) is 0 Å². The number of benzene rings is 1. The molecular formula is C16H23NO3. The van der Waals surface area contributed by atoms with E-state index < -0.39 is 0 Å². The Morgan fingerprint density at radius 3 is 2.85 bits per heavy atom. The number of aliphatic hydroxyl groups excluding tert-OH is 1. The van der Waals surface area contributed by atoms with E-state index in [1.165, 1.54) is 5.56 Å². The van der Waals surface area contributed by atoms with Crippen LogP contribution in [-0.2, 0) is 4.74 Å². The molecule has 20 heavy (non-hydrogen) atoms. The number of carbonyl (C=O) groups excluding carboxylic acids is 1. The van der Waals surface area contributed by atoms with Crippen LogP contribution in [0.5, 0.6) is 0 Å². The first-order valence-electron chi connectivity index (χ1n) is 7.11. The maximum atomic E-state index is 12.6. The number of Topliss-reactive ketones (excluding diaryl/α,β-unsaturated/α-hetero) is 1. The quantitative estimate of drug-likeness (QED) is 0.849. The topological polar surface area (TPSA) is 49.8 Å². The fourth-order valence-electron chi connectivity index (χ4n) is 2.51. The number of ether oxygens (including phenoxy) is 1. The zero-order chi connectivity index (χ0) is 14.7. The molecule has 0 saturated carbocycles. The predicted octanol–water partition coefficient (Wildman–Crippen LogP) is 1.57. The van der Waals surface area contributed by atoms with E-state index in [4.69, 9.17) is 4.74 Å². The van der Waals surface area contributed by atoms with E-state index in [1.54, 1.807) is 0 Å². The molecule has 1 aromatic carbocycles. The van der Waals surface area contributed by atoms with Crippen molar-refractivity contribution >= 4 is 5.78 Å². The van der Waals surface area contributed by atoms with Crippen molar-refractivity contribution in [3.63, 3.8) is 0 Å². The first-order valence-corrected chi connectivity index (χ1v) is 7.11. The number of nitrogens with zero attached hydrogens (tertiary/aromatic N) is 1. The highest BCUT2D eigenvalue weighted by Crippen LogP contribution is 2.16. The Kier molecular flexibility index (Phi) is 4.91. The van der Waals surface area contributed by atoms with Gasteiger partial charge < -0.3 is 9.84 Å². The molecule has 0 bridgehead atoms. The summed E-state index contributed by atoms with van der Waals surface area (Å²) in [5, 5.41) is 9.18. The van der Waals surface area contributed by atoms with Gasteiger partial charge in [-0.05, 0) is 38.0 Å².